The molecule has 0 aromatic heterocycles. The molecule has 0 unspecified atom stereocenters. The normalized spacial score (nSPS) is 10.7. The second kappa shape index (κ2) is 8.89. The largest absolute Gasteiger partial charge is 0.497 e. The van der Waals surface area contributed by atoms with Crippen LogP contribution in [0.1, 0.15) is 11.1 Å². The molecule has 29 heavy (non-hydrogen) atoms. The molecule has 4 aromatic rings. The highest BCUT2D eigenvalue weighted by Crippen LogP contribution is 2.30. The van der Waals surface area contributed by atoms with Gasteiger partial charge in [0.15, 0.2) is 0 Å². The first kappa shape index (κ1) is 19.2. The van der Waals surface area contributed by atoms with Crippen LogP contribution in [0, 0.1) is 0 Å². The molecular formula is C25H22ClNO2. The van der Waals surface area contributed by atoms with Crippen molar-refractivity contribution in [1.82, 2.24) is 0 Å². The average Bonchev–Trinajstić information content (AvgIpc) is 2.78. The Labute approximate surface area is 175 Å². The smallest absolute Gasteiger partial charge is 0.125 e. The van der Waals surface area contributed by atoms with Crippen LogP contribution in [0.4, 0.5) is 5.69 Å². The second-order valence-electron chi connectivity index (χ2n) is 6.76. The molecule has 1 N–H and O–H groups in total. The SMILES string of the molecule is COc1ccc(NCc2c(OCc3ccc(Cl)cc3)ccc3ccccc23)cc1. The molecule has 0 heterocycles. The molecule has 0 aliphatic carbocycles. The molecule has 4 aromatic carbocycles. The van der Waals surface area contributed by atoms with Crippen molar-refractivity contribution in [1.29, 1.82) is 0 Å². The van der Waals surface area contributed by atoms with E-state index in [1.165, 1.54) is 10.8 Å². The number of rotatable bonds is 7. The summed E-state index contributed by atoms with van der Waals surface area (Å²) in [5.74, 6) is 1.72. The maximum atomic E-state index is 6.19. The number of nitrogens with one attached hydrogen (secondary N) is 1. The summed E-state index contributed by atoms with van der Waals surface area (Å²) in [5.41, 5.74) is 3.24. The topological polar surface area (TPSA) is 30.5 Å². The van der Waals surface area contributed by atoms with E-state index in [4.69, 9.17) is 21.1 Å². The minimum atomic E-state index is 0.491. The maximum absolute atomic E-state index is 6.19. The predicted molar refractivity (Wildman–Crippen MR) is 120 cm³/mol. The van der Waals surface area contributed by atoms with E-state index in [9.17, 15) is 0 Å². The number of methoxy groups -OCH3 is 1. The van der Waals surface area contributed by atoms with Crippen LogP contribution in [0.5, 0.6) is 11.5 Å². The monoisotopic (exact) mass is 403 g/mol. The Bertz CT molecular complexity index is 1090. The highest BCUT2D eigenvalue weighted by Gasteiger charge is 2.10. The highest BCUT2D eigenvalue weighted by atomic mass is 35.5. The lowest BCUT2D eigenvalue weighted by atomic mass is 10.0. The molecule has 0 aliphatic rings. The zero-order valence-corrected chi connectivity index (χ0v) is 16.9. The Kier molecular flexibility index (Phi) is 5.87. The van der Waals surface area contributed by atoms with Gasteiger partial charge in [0, 0.05) is 22.8 Å². The third-order valence-corrected chi connectivity index (χ3v) is 5.12. The molecule has 0 saturated carbocycles. The van der Waals surface area contributed by atoms with E-state index < -0.39 is 0 Å². The number of ether oxygens (including phenoxy) is 2. The third kappa shape index (κ3) is 4.64. The van der Waals surface area contributed by atoms with Crippen molar-refractivity contribution in [2.75, 3.05) is 12.4 Å². The van der Waals surface area contributed by atoms with Crippen LogP contribution < -0.4 is 14.8 Å². The van der Waals surface area contributed by atoms with E-state index in [2.05, 4.69) is 35.6 Å². The van der Waals surface area contributed by atoms with Crippen molar-refractivity contribution in [3.8, 4) is 11.5 Å². The van der Waals surface area contributed by atoms with Gasteiger partial charge >= 0.3 is 0 Å². The molecule has 0 spiro atoms. The van der Waals surface area contributed by atoms with Gasteiger partial charge in [0.25, 0.3) is 0 Å². The van der Waals surface area contributed by atoms with Crippen LogP contribution in [-0.4, -0.2) is 7.11 Å². The molecular weight excluding hydrogens is 382 g/mol. The van der Waals surface area contributed by atoms with Crippen LogP contribution >= 0.6 is 11.6 Å². The Morgan fingerprint density at radius 3 is 2.34 bits per heavy atom. The standard InChI is InChI=1S/C25H22ClNO2/c1-28-22-13-11-21(12-14-22)27-16-24-23-5-3-2-4-19(23)8-15-25(24)29-17-18-6-9-20(26)10-7-18/h2-15,27H,16-17H2,1H3. The number of hydrogen-bond acceptors (Lipinski definition) is 3. The van der Waals surface area contributed by atoms with E-state index in [1.54, 1.807) is 7.11 Å². The van der Waals surface area contributed by atoms with Crippen molar-refractivity contribution in [3.05, 3.63) is 101 Å². The molecule has 0 amide bonds. The van der Waals surface area contributed by atoms with Crippen LogP contribution in [0.2, 0.25) is 5.02 Å². The first-order valence-electron chi connectivity index (χ1n) is 9.49. The van der Waals surface area contributed by atoms with Crippen molar-refractivity contribution in [2.24, 2.45) is 0 Å². The van der Waals surface area contributed by atoms with Crippen LogP contribution in [0.3, 0.4) is 0 Å². The first-order chi connectivity index (χ1) is 14.2. The minimum absolute atomic E-state index is 0.491. The Balaban J connectivity index is 1.58. The van der Waals surface area contributed by atoms with Crippen LogP contribution in [0.25, 0.3) is 10.8 Å². The quantitative estimate of drug-likeness (QED) is 0.372. The number of halogens is 1. The van der Waals surface area contributed by atoms with E-state index in [0.717, 1.165) is 33.3 Å². The van der Waals surface area contributed by atoms with Crippen molar-refractivity contribution in [2.45, 2.75) is 13.2 Å². The fourth-order valence-electron chi connectivity index (χ4n) is 3.27. The Morgan fingerprint density at radius 2 is 1.59 bits per heavy atom. The lowest BCUT2D eigenvalue weighted by molar-refractivity contribution is 0.304. The number of hydrogen-bond donors (Lipinski definition) is 1. The fraction of sp³-hybridized carbons (Fsp3) is 0.120. The highest BCUT2D eigenvalue weighted by molar-refractivity contribution is 6.30. The molecule has 4 heteroatoms. The van der Waals surface area contributed by atoms with Crippen molar-refractivity contribution >= 4 is 28.1 Å². The van der Waals surface area contributed by atoms with Crippen LogP contribution in [-0.2, 0) is 13.2 Å². The Morgan fingerprint density at radius 1 is 0.828 bits per heavy atom. The van der Waals surface area contributed by atoms with Gasteiger partial charge in [-0.1, -0.05) is 54.1 Å². The van der Waals surface area contributed by atoms with E-state index in [-0.39, 0.29) is 0 Å². The maximum Gasteiger partial charge on any atom is 0.125 e. The van der Waals surface area contributed by atoms with Gasteiger partial charge < -0.3 is 14.8 Å². The fourth-order valence-corrected chi connectivity index (χ4v) is 3.40. The average molecular weight is 404 g/mol. The minimum Gasteiger partial charge on any atom is -0.497 e. The second-order valence-corrected chi connectivity index (χ2v) is 7.20. The molecule has 0 fully saturated rings. The summed E-state index contributed by atoms with van der Waals surface area (Å²) >= 11 is 5.98. The summed E-state index contributed by atoms with van der Waals surface area (Å²) in [6.45, 7) is 1.15. The molecule has 0 atom stereocenters. The van der Waals surface area contributed by atoms with Gasteiger partial charge in [0.05, 0.1) is 7.11 Å². The van der Waals surface area contributed by atoms with Gasteiger partial charge in [-0.15, -0.1) is 0 Å². The van der Waals surface area contributed by atoms with Crippen molar-refractivity contribution in [3.63, 3.8) is 0 Å². The molecule has 146 valence electrons. The Hall–Kier alpha value is -3.17. The number of fused-ring (bicyclic) bond motifs is 1. The zero-order chi connectivity index (χ0) is 20.1. The third-order valence-electron chi connectivity index (χ3n) is 4.86. The summed E-state index contributed by atoms with van der Waals surface area (Å²) < 4.78 is 11.4. The molecule has 0 saturated heterocycles. The summed E-state index contributed by atoms with van der Waals surface area (Å²) in [6, 6.07) is 28.2. The molecule has 0 aliphatic heterocycles. The van der Waals surface area contributed by atoms with Gasteiger partial charge in [-0.05, 0) is 58.8 Å². The summed E-state index contributed by atoms with van der Waals surface area (Å²) in [5, 5.41) is 6.60. The van der Waals surface area contributed by atoms with Gasteiger partial charge in [-0.2, -0.15) is 0 Å². The number of anilines is 1. The lowest BCUT2D eigenvalue weighted by Gasteiger charge is -2.16. The first-order valence-corrected chi connectivity index (χ1v) is 9.86. The van der Waals surface area contributed by atoms with Gasteiger partial charge in [-0.25, -0.2) is 0 Å². The number of benzene rings is 4. The summed E-state index contributed by atoms with van der Waals surface area (Å²) in [6.07, 6.45) is 0. The summed E-state index contributed by atoms with van der Waals surface area (Å²) in [7, 11) is 1.67. The summed E-state index contributed by atoms with van der Waals surface area (Å²) in [4.78, 5) is 0. The van der Waals surface area contributed by atoms with E-state index >= 15 is 0 Å². The molecule has 0 radical (unpaired) electrons. The van der Waals surface area contributed by atoms with E-state index in [1.807, 2.05) is 54.6 Å². The van der Waals surface area contributed by atoms with E-state index in [0.29, 0.717) is 13.2 Å². The van der Waals surface area contributed by atoms with Gasteiger partial charge in [0.1, 0.15) is 18.1 Å². The lowest BCUT2D eigenvalue weighted by Crippen LogP contribution is -2.04. The zero-order valence-electron chi connectivity index (χ0n) is 16.2. The van der Waals surface area contributed by atoms with Gasteiger partial charge in [-0.3, -0.25) is 0 Å². The molecule has 0 bridgehead atoms. The predicted octanol–water partition coefficient (Wildman–Crippen LogP) is 6.69. The van der Waals surface area contributed by atoms with Crippen molar-refractivity contribution < 1.29 is 9.47 Å². The van der Waals surface area contributed by atoms with Crippen LogP contribution in [0.15, 0.2) is 84.9 Å². The molecule has 3 nitrogen and oxygen atoms in total. The molecule has 4 rings (SSSR count). The van der Waals surface area contributed by atoms with Gasteiger partial charge in [0.2, 0.25) is 0 Å².